The van der Waals surface area contributed by atoms with Gasteiger partial charge in [0, 0.05) is 0 Å². The van der Waals surface area contributed by atoms with E-state index in [0.29, 0.717) is 11.5 Å². The van der Waals surface area contributed by atoms with Gasteiger partial charge in [-0.2, -0.15) is 0 Å². The van der Waals surface area contributed by atoms with E-state index in [4.69, 9.17) is 8.85 Å². The van der Waals surface area contributed by atoms with E-state index in [0.717, 1.165) is 0 Å². The van der Waals surface area contributed by atoms with Crippen LogP contribution in [-0.2, 0) is 8.85 Å². The molecular formula is C9H16O2Si. The smallest absolute Gasteiger partial charge is 0.471 e. The zero-order chi connectivity index (χ0) is 9.56. The van der Waals surface area contributed by atoms with Gasteiger partial charge < -0.3 is 8.85 Å². The quantitative estimate of drug-likeness (QED) is 0.482. The Bertz CT molecular complexity index is 181. The van der Waals surface area contributed by atoms with E-state index in [1.165, 1.54) is 0 Å². The molecule has 0 aliphatic rings. The van der Waals surface area contributed by atoms with Gasteiger partial charge in [-0.3, -0.25) is 0 Å². The van der Waals surface area contributed by atoms with E-state index >= 15 is 0 Å². The summed E-state index contributed by atoms with van der Waals surface area (Å²) in [6, 6.07) is 0. The first-order valence-electron chi connectivity index (χ1n) is 3.83. The Hall–Kier alpha value is -0.963. The van der Waals surface area contributed by atoms with Crippen LogP contribution in [0.4, 0.5) is 0 Å². The zero-order valence-electron chi connectivity index (χ0n) is 7.96. The van der Waals surface area contributed by atoms with E-state index in [9.17, 15) is 0 Å². The average molecular weight is 184 g/mol. The van der Waals surface area contributed by atoms with Crippen LogP contribution in [0.5, 0.6) is 0 Å². The lowest BCUT2D eigenvalue weighted by atomic mass is 10.7. The Morgan fingerprint density at radius 1 is 1.17 bits per heavy atom. The Morgan fingerprint density at radius 2 is 1.58 bits per heavy atom. The second-order valence-corrected chi connectivity index (χ2v) is 4.13. The molecule has 0 saturated carbocycles. The molecule has 0 aliphatic heterocycles. The van der Waals surface area contributed by atoms with Crippen LogP contribution in [0.15, 0.2) is 36.5 Å². The van der Waals surface area contributed by atoms with Crippen molar-refractivity contribution >= 4 is 9.28 Å². The van der Waals surface area contributed by atoms with Crippen molar-refractivity contribution in [3.63, 3.8) is 0 Å². The lowest BCUT2D eigenvalue weighted by Gasteiger charge is -2.15. The van der Waals surface area contributed by atoms with Crippen LogP contribution in [0.25, 0.3) is 0 Å². The Labute approximate surface area is 76.0 Å². The van der Waals surface area contributed by atoms with Crippen molar-refractivity contribution in [2.45, 2.75) is 20.8 Å². The van der Waals surface area contributed by atoms with Gasteiger partial charge in [-0.15, -0.1) is 0 Å². The van der Waals surface area contributed by atoms with E-state index in [2.05, 4.69) is 13.2 Å². The highest BCUT2D eigenvalue weighted by molar-refractivity contribution is 6.51. The summed E-state index contributed by atoms with van der Waals surface area (Å²) in [5.41, 5.74) is 1.93. The highest BCUT2D eigenvalue weighted by Gasteiger charge is 2.10. The van der Waals surface area contributed by atoms with Crippen LogP contribution >= 0.6 is 0 Å². The average Bonchev–Trinajstić information content (AvgIpc) is 1.84. The maximum Gasteiger partial charge on any atom is 0.471 e. The maximum atomic E-state index is 5.38. The van der Waals surface area contributed by atoms with E-state index in [1.54, 1.807) is 0 Å². The molecule has 3 heteroatoms. The van der Waals surface area contributed by atoms with Gasteiger partial charge in [0.2, 0.25) is 0 Å². The van der Waals surface area contributed by atoms with Crippen LogP contribution in [0.2, 0.25) is 0 Å². The predicted octanol–water partition coefficient (Wildman–Crippen LogP) is 2.42. The SMILES string of the molecule is C=C(C)O[SiH](C=CC)OC(=C)C. The van der Waals surface area contributed by atoms with Crippen LogP contribution in [0, 0.1) is 0 Å². The van der Waals surface area contributed by atoms with Crippen LogP contribution < -0.4 is 0 Å². The summed E-state index contributed by atoms with van der Waals surface area (Å²) < 4.78 is 10.8. The first kappa shape index (κ1) is 11.0. The summed E-state index contributed by atoms with van der Waals surface area (Å²) in [6.07, 6.45) is 1.92. The number of allylic oxidation sites excluding steroid dienone is 3. The first-order chi connectivity index (χ1) is 5.56. The van der Waals surface area contributed by atoms with Crippen molar-refractivity contribution in [3.05, 3.63) is 36.5 Å². The summed E-state index contributed by atoms with van der Waals surface area (Å²) in [4.78, 5) is 0. The number of hydrogen-bond acceptors (Lipinski definition) is 2. The second-order valence-electron chi connectivity index (χ2n) is 2.53. The summed E-state index contributed by atoms with van der Waals surface area (Å²) in [6.45, 7) is 12.9. The highest BCUT2D eigenvalue weighted by atomic mass is 28.3. The van der Waals surface area contributed by atoms with Gasteiger partial charge in [0.15, 0.2) is 0 Å². The molecule has 0 radical (unpaired) electrons. The fourth-order valence-corrected chi connectivity index (χ4v) is 1.97. The molecule has 0 unspecified atom stereocenters. The van der Waals surface area contributed by atoms with Gasteiger partial charge in [-0.1, -0.05) is 19.2 Å². The van der Waals surface area contributed by atoms with Crippen molar-refractivity contribution < 1.29 is 8.85 Å². The molecule has 0 saturated heterocycles. The van der Waals surface area contributed by atoms with Crippen LogP contribution in [-0.4, -0.2) is 9.28 Å². The molecule has 2 nitrogen and oxygen atoms in total. The zero-order valence-corrected chi connectivity index (χ0v) is 9.12. The molecule has 0 heterocycles. The summed E-state index contributed by atoms with van der Waals surface area (Å²) in [7, 11) is -1.73. The molecule has 12 heavy (non-hydrogen) atoms. The molecule has 0 bridgehead atoms. The van der Waals surface area contributed by atoms with Crippen molar-refractivity contribution in [2.75, 3.05) is 0 Å². The first-order valence-corrected chi connectivity index (χ1v) is 5.44. The van der Waals surface area contributed by atoms with Crippen LogP contribution in [0.1, 0.15) is 20.8 Å². The van der Waals surface area contributed by atoms with Crippen molar-refractivity contribution in [1.29, 1.82) is 0 Å². The van der Waals surface area contributed by atoms with Gasteiger partial charge >= 0.3 is 9.28 Å². The molecule has 0 aliphatic carbocycles. The molecule has 0 atom stereocenters. The van der Waals surface area contributed by atoms with Gasteiger partial charge in [-0.25, -0.2) is 0 Å². The minimum absolute atomic E-state index is 0.686. The standard InChI is InChI=1S/C9H16O2Si/c1-6-7-12(10-8(2)3)11-9(4)5/h6-7,12H,2,4H2,1,3,5H3. The lowest BCUT2D eigenvalue weighted by molar-refractivity contribution is 0.310. The number of rotatable bonds is 5. The van der Waals surface area contributed by atoms with Gasteiger partial charge in [-0.05, 0) is 26.5 Å². The molecule has 0 amide bonds. The molecule has 0 aromatic heterocycles. The molecule has 0 spiro atoms. The van der Waals surface area contributed by atoms with Crippen molar-refractivity contribution in [2.24, 2.45) is 0 Å². The second kappa shape index (κ2) is 5.66. The normalized spacial score (nSPS) is 10.3. The Kier molecular flexibility index (Phi) is 5.20. The molecule has 0 aromatic carbocycles. The minimum Gasteiger partial charge on any atom is -0.516 e. The van der Waals surface area contributed by atoms with Gasteiger partial charge in [0.05, 0.1) is 11.5 Å². The molecule has 0 fully saturated rings. The molecule has 0 N–H and O–H groups in total. The number of hydrogen-bond donors (Lipinski definition) is 0. The Balaban J connectivity index is 4.03. The lowest BCUT2D eigenvalue weighted by Crippen LogP contribution is -2.18. The Morgan fingerprint density at radius 3 is 1.83 bits per heavy atom. The summed E-state index contributed by atoms with van der Waals surface area (Å²) >= 11 is 0. The third-order valence-electron chi connectivity index (χ3n) is 0.984. The van der Waals surface area contributed by atoms with E-state index < -0.39 is 9.28 Å². The summed E-state index contributed by atoms with van der Waals surface area (Å²) in [5, 5.41) is 0. The van der Waals surface area contributed by atoms with Crippen molar-refractivity contribution in [1.82, 2.24) is 0 Å². The molecule has 0 rings (SSSR count). The largest absolute Gasteiger partial charge is 0.516 e. The minimum atomic E-state index is -1.73. The summed E-state index contributed by atoms with van der Waals surface area (Å²) in [5.74, 6) is 1.37. The van der Waals surface area contributed by atoms with E-state index in [1.807, 2.05) is 32.5 Å². The highest BCUT2D eigenvalue weighted by Crippen LogP contribution is 2.03. The van der Waals surface area contributed by atoms with Gasteiger partial charge in [0.1, 0.15) is 0 Å². The molecule has 68 valence electrons. The maximum absolute atomic E-state index is 5.38. The predicted molar refractivity (Wildman–Crippen MR) is 53.8 cm³/mol. The topological polar surface area (TPSA) is 18.5 Å². The molecular weight excluding hydrogens is 168 g/mol. The van der Waals surface area contributed by atoms with E-state index in [-0.39, 0.29) is 0 Å². The third-order valence-corrected chi connectivity index (χ3v) is 2.95. The molecule has 0 aromatic rings. The monoisotopic (exact) mass is 184 g/mol. The fourth-order valence-electron chi connectivity index (χ4n) is 0.656. The fraction of sp³-hybridized carbons (Fsp3) is 0.333. The van der Waals surface area contributed by atoms with Crippen LogP contribution in [0.3, 0.4) is 0 Å². The third kappa shape index (κ3) is 5.79. The van der Waals surface area contributed by atoms with Crippen molar-refractivity contribution in [3.8, 4) is 0 Å². The van der Waals surface area contributed by atoms with Gasteiger partial charge in [0.25, 0.3) is 0 Å².